The summed E-state index contributed by atoms with van der Waals surface area (Å²) in [5.74, 6) is 0.482. The van der Waals surface area contributed by atoms with Crippen molar-refractivity contribution in [1.82, 2.24) is 0 Å². The number of carbonyl (C=O) groups is 1. The van der Waals surface area contributed by atoms with E-state index < -0.39 is 6.29 Å². The number of ether oxygens (including phenoxy) is 4. The van der Waals surface area contributed by atoms with Crippen LogP contribution in [0.4, 0.5) is 0 Å². The average Bonchev–Trinajstić information content (AvgIpc) is 2.76. The first-order chi connectivity index (χ1) is 13.7. The molecule has 2 aromatic rings. The van der Waals surface area contributed by atoms with Gasteiger partial charge in [-0.15, -0.1) is 0 Å². The number of hydrogen-bond donors (Lipinski definition) is 0. The fourth-order valence-electron chi connectivity index (χ4n) is 3.08. The van der Waals surface area contributed by atoms with Gasteiger partial charge in [0, 0.05) is 18.1 Å². The van der Waals surface area contributed by atoms with Crippen molar-refractivity contribution in [3.8, 4) is 5.75 Å². The quantitative estimate of drug-likeness (QED) is 0.384. The van der Waals surface area contributed by atoms with Gasteiger partial charge in [0.2, 0.25) is 0 Å². The van der Waals surface area contributed by atoms with Crippen LogP contribution in [0.3, 0.4) is 0 Å². The van der Waals surface area contributed by atoms with Crippen LogP contribution in [-0.4, -0.2) is 31.9 Å². The molecule has 0 spiro atoms. The predicted molar refractivity (Wildman–Crippen MR) is 106 cm³/mol. The van der Waals surface area contributed by atoms with Crippen LogP contribution in [0.15, 0.2) is 72.8 Å². The highest BCUT2D eigenvalue weighted by molar-refractivity contribution is 5.81. The molecule has 1 heterocycles. The van der Waals surface area contributed by atoms with E-state index in [4.69, 9.17) is 14.2 Å². The zero-order valence-corrected chi connectivity index (χ0v) is 16.0. The molecule has 3 unspecified atom stereocenters. The van der Waals surface area contributed by atoms with Crippen molar-refractivity contribution < 1.29 is 23.7 Å². The highest BCUT2D eigenvalue weighted by Crippen LogP contribution is 2.32. The van der Waals surface area contributed by atoms with Crippen LogP contribution in [0.1, 0.15) is 31.1 Å². The molecule has 0 N–H and O–H groups in total. The monoisotopic (exact) mass is 382 g/mol. The standard InChI is InChI=1S/C23H26O5/c1-25-22(24)15-14-21-17-20(13-8-16-26-19-11-6-3-7-12-19)27-23(28-21)18-9-4-2-5-10-18/h2-7,9-12,14-15,20-21,23H,8,13,16-17H2,1H3. The molecule has 1 aliphatic rings. The van der Waals surface area contributed by atoms with Gasteiger partial charge in [0.1, 0.15) is 5.75 Å². The van der Waals surface area contributed by atoms with Gasteiger partial charge in [-0.05, 0) is 31.1 Å². The van der Waals surface area contributed by atoms with Crippen molar-refractivity contribution in [2.24, 2.45) is 0 Å². The van der Waals surface area contributed by atoms with E-state index in [1.165, 1.54) is 13.2 Å². The number of para-hydroxylation sites is 1. The summed E-state index contributed by atoms with van der Waals surface area (Å²) in [4.78, 5) is 11.4. The molecule has 1 aliphatic heterocycles. The van der Waals surface area contributed by atoms with Crippen molar-refractivity contribution in [1.29, 1.82) is 0 Å². The first-order valence-corrected chi connectivity index (χ1v) is 9.54. The predicted octanol–water partition coefficient (Wildman–Crippen LogP) is 4.45. The molecular weight excluding hydrogens is 356 g/mol. The Morgan fingerprint density at radius 1 is 1.07 bits per heavy atom. The normalized spacial score (nSPS) is 22.1. The summed E-state index contributed by atoms with van der Waals surface area (Å²) in [6.07, 6.45) is 4.91. The second kappa shape index (κ2) is 10.6. The number of rotatable bonds is 8. The summed E-state index contributed by atoms with van der Waals surface area (Å²) in [7, 11) is 1.36. The molecule has 0 aromatic heterocycles. The molecule has 5 heteroatoms. The van der Waals surface area contributed by atoms with E-state index in [9.17, 15) is 4.79 Å². The summed E-state index contributed by atoms with van der Waals surface area (Å²) < 4.78 is 22.6. The first kappa shape index (κ1) is 20.1. The summed E-state index contributed by atoms with van der Waals surface area (Å²) in [6, 6.07) is 19.6. The Labute approximate surface area is 165 Å². The lowest BCUT2D eigenvalue weighted by Gasteiger charge is -2.35. The molecular formula is C23H26O5. The Morgan fingerprint density at radius 2 is 1.79 bits per heavy atom. The van der Waals surface area contributed by atoms with Gasteiger partial charge in [0.05, 0.1) is 25.9 Å². The molecule has 2 aromatic carbocycles. The van der Waals surface area contributed by atoms with Crippen LogP contribution in [0.5, 0.6) is 5.75 Å². The van der Waals surface area contributed by atoms with Gasteiger partial charge in [-0.3, -0.25) is 0 Å². The summed E-state index contributed by atoms with van der Waals surface area (Å²) in [5, 5.41) is 0. The number of carbonyl (C=O) groups excluding carboxylic acids is 1. The molecule has 0 saturated carbocycles. The van der Waals surface area contributed by atoms with E-state index in [1.54, 1.807) is 6.08 Å². The highest BCUT2D eigenvalue weighted by atomic mass is 16.7. The molecule has 28 heavy (non-hydrogen) atoms. The van der Waals surface area contributed by atoms with Crippen molar-refractivity contribution in [2.75, 3.05) is 13.7 Å². The van der Waals surface area contributed by atoms with Gasteiger partial charge >= 0.3 is 5.97 Å². The topological polar surface area (TPSA) is 54.0 Å². The third-order valence-electron chi connectivity index (χ3n) is 4.51. The van der Waals surface area contributed by atoms with Crippen molar-refractivity contribution in [3.05, 3.63) is 78.4 Å². The highest BCUT2D eigenvalue weighted by Gasteiger charge is 2.29. The van der Waals surface area contributed by atoms with Gasteiger partial charge < -0.3 is 18.9 Å². The van der Waals surface area contributed by atoms with Gasteiger partial charge in [0.25, 0.3) is 0 Å². The molecule has 1 saturated heterocycles. The fraction of sp³-hybridized carbons (Fsp3) is 0.348. The van der Waals surface area contributed by atoms with Crippen LogP contribution < -0.4 is 4.74 Å². The Balaban J connectivity index is 1.57. The third-order valence-corrected chi connectivity index (χ3v) is 4.51. The minimum atomic E-state index is -0.456. The number of esters is 1. The smallest absolute Gasteiger partial charge is 0.330 e. The first-order valence-electron chi connectivity index (χ1n) is 9.54. The summed E-state index contributed by atoms with van der Waals surface area (Å²) in [6.45, 7) is 0.628. The molecule has 0 bridgehead atoms. The fourth-order valence-corrected chi connectivity index (χ4v) is 3.08. The van der Waals surface area contributed by atoms with E-state index in [0.29, 0.717) is 13.0 Å². The molecule has 3 atom stereocenters. The van der Waals surface area contributed by atoms with E-state index in [-0.39, 0.29) is 18.2 Å². The maximum atomic E-state index is 11.4. The number of benzene rings is 2. The lowest BCUT2D eigenvalue weighted by atomic mass is 10.0. The largest absolute Gasteiger partial charge is 0.494 e. The maximum absolute atomic E-state index is 11.4. The Morgan fingerprint density at radius 3 is 2.50 bits per heavy atom. The van der Waals surface area contributed by atoms with Crippen LogP contribution in [0.25, 0.3) is 0 Å². The van der Waals surface area contributed by atoms with E-state index in [2.05, 4.69) is 4.74 Å². The van der Waals surface area contributed by atoms with Gasteiger partial charge in [0.15, 0.2) is 6.29 Å². The maximum Gasteiger partial charge on any atom is 0.330 e. The Bertz CT molecular complexity index is 744. The molecule has 0 radical (unpaired) electrons. The van der Waals surface area contributed by atoms with Crippen molar-refractivity contribution in [3.63, 3.8) is 0 Å². The molecule has 3 rings (SSSR count). The second-order valence-electron chi connectivity index (χ2n) is 6.60. The van der Waals surface area contributed by atoms with Crippen LogP contribution in [-0.2, 0) is 19.0 Å². The lowest BCUT2D eigenvalue weighted by Crippen LogP contribution is -2.33. The zero-order chi connectivity index (χ0) is 19.6. The molecule has 5 nitrogen and oxygen atoms in total. The number of hydrogen-bond acceptors (Lipinski definition) is 5. The van der Waals surface area contributed by atoms with E-state index in [0.717, 1.165) is 24.2 Å². The molecule has 1 fully saturated rings. The van der Waals surface area contributed by atoms with Crippen LogP contribution >= 0.6 is 0 Å². The van der Waals surface area contributed by atoms with E-state index >= 15 is 0 Å². The Hall–Kier alpha value is -2.63. The molecule has 0 aliphatic carbocycles. The zero-order valence-electron chi connectivity index (χ0n) is 16.0. The molecule has 0 amide bonds. The summed E-state index contributed by atoms with van der Waals surface area (Å²) >= 11 is 0. The second-order valence-corrected chi connectivity index (χ2v) is 6.60. The van der Waals surface area contributed by atoms with Gasteiger partial charge in [-0.2, -0.15) is 0 Å². The molecule has 148 valence electrons. The third kappa shape index (κ3) is 6.22. The van der Waals surface area contributed by atoms with Crippen molar-refractivity contribution >= 4 is 5.97 Å². The van der Waals surface area contributed by atoms with Crippen LogP contribution in [0, 0.1) is 0 Å². The average molecular weight is 382 g/mol. The lowest BCUT2D eigenvalue weighted by molar-refractivity contribution is -0.238. The number of methoxy groups -OCH3 is 1. The van der Waals surface area contributed by atoms with Crippen molar-refractivity contribution in [2.45, 2.75) is 37.8 Å². The minimum Gasteiger partial charge on any atom is -0.494 e. The SMILES string of the molecule is COC(=O)C=CC1CC(CCCOc2ccccc2)OC(c2ccccc2)O1. The van der Waals surface area contributed by atoms with Gasteiger partial charge in [-0.1, -0.05) is 48.5 Å². The van der Waals surface area contributed by atoms with Crippen LogP contribution in [0.2, 0.25) is 0 Å². The Kier molecular flexibility index (Phi) is 7.64. The minimum absolute atomic E-state index is 0.0191. The van der Waals surface area contributed by atoms with E-state index in [1.807, 2.05) is 60.7 Å². The summed E-state index contributed by atoms with van der Waals surface area (Å²) in [5.41, 5.74) is 0.962. The van der Waals surface area contributed by atoms with Gasteiger partial charge in [-0.25, -0.2) is 4.79 Å².